The van der Waals surface area contributed by atoms with Crippen LogP contribution in [0, 0.1) is 0 Å². The molecule has 0 unspecified atom stereocenters. The summed E-state index contributed by atoms with van der Waals surface area (Å²) in [5, 5.41) is 0. The fourth-order valence-electron chi connectivity index (χ4n) is 2.54. The van der Waals surface area contributed by atoms with Gasteiger partial charge in [-0.05, 0) is 38.3 Å². The summed E-state index contributed by atoms with van der Waals surface area (Å²) in [6.45, 7) is 1.06. The minimum atomic E-state index is 0.446. The summed E-state index contributed by atoms with van der Waals surface area (Å²) in [4.78, 5) is 2.47. The van der Waals surface area contributed by atoms with Crippen LogP contribution in [0.25, 0.3) is 0 Å². The van der Waals surface area contributed by atoms with E-state index in [1.807, 2.05) is 0 Å². The van der Waals surface area contributed by atoms with E-state index in [9.17, 15) is 0 Å². The topological polar surface area (TPSA) is 29.3 Å². The third-order valence-electron chi connectivity index (χ3n) is 3.64. The van der Waals surface area contributed by atoms with E-state index in [0.29, 0.717) is 6.04 Å². The summed E-state index contributed by atoms with van der Waals surface area (Å²) in [6, 6.07) is 11.9. The molecule has 1 aliphatic rings. The maximum Gasteiger partial charge on any atom is 0.0233 e. The molecule has 16 heavy (non-hydrogen) atoms. The van der Waals surface area contributed by atoms with E-state index in [1.165, 1.54) is 31.2 Å². The SMILES string of the molecule is CN(Cc1ccccc1)C1CCC(N)CC1. The number of nitrogens with zero attached hydrogens (tertiary/aromatic N) is 1. The van der Waals surface area contributed by atoms with Crippen molar-refractivity contribution in [3.05, 3.63) is 35.9 Å². The molecule has 2 N–H and O–H groups in total. The van der Waals surface area contributed by atoms with E-state index in [-0.39, 0.29) is 0 Å². The molecule has 2 nitrogen and oxygen atoms in total. The van der Waals surface area contributed by atoms with Gasteiger partial charge in [-0.1, -0.05) is 30.3 Å². The Labute approximate surface area is 98.4 Å². The van der Waals surface area contributed by atoms with Crippen LogP contribution in [0.15, 0.2) is 30.3 Å². The molecule has 0 heterocycles. The fraction of sp³-hybridized carbons (Fsp3) is 0.571. The van der Waals surface area contributed by atoms with Gasteiger partial charge in [-0.2, -0.15) is 0 Å². The minimum Gasteiger partial charge on any atom is -0.328 e. The molecule has 1 fully saturated rings. The molecule has 1 aromatic rings. The lowest BCUT2D eigenvalue weighted by Crippen LogP contribution is -2.38. The highest BCUT2D eigenvalue weighted by molar-refractivity contribution is 5.14. The number of hydrogen-bond acceptors (Lipinski definition) is 2. The second-order valence-electron chi connectivity index (χ2n) is 4.97. The summed E-state index contributed by atoms with van der Waals surface area (Å²) in [6.07, 6.45) is 4.88. The molecule has 2 heteroatoms. The maximum absolute atomic E-state index is 5.93. The average molecular weight is 218 g/mol. The molecular weight excluding hydrogens is 196 g/mol. The average Bonchev–Trinajstić information content (AvgIpc) is 2.31. The highest BCUT2D eigenvalue weighted by Crippen LogP contribution is 2.22. The van der Waals surface area contributed by atoms with Crippen LogP contribution in [-0.2, 0) is 6.54 Å². The highest BCUT2D eigenvalue weighted by atomic mass is 15.1. The van der Waals surface area contributed by atoms with Crippen molar-refractivity contribution in [2.75, 3.05) is 7.05 Å². The molecule has 88 valence electrons. The second-order valence-corrected chi connectivity index (χ2v) is 4.97. The van der Waals surface area contributed by atoms with Crippen LogP contribution in [0.4, 0.5) is 0 Å². The maximum atomic E-state index is 5.93. The molecule has 0 radical (unpaired) electrons. The Hall–Kier alpha value is -0.860. The summed E-state index contributed by atoms with van der Waals surface area (Å²) in [5.41, 5.74) is 7.33. The van der Waals surface area contributed by atoms with Gasteiger partial charge < -0.3 is 5.73 Å². The van der Waals surface area contributed by atoms with Crippen molar-refractivity contribution in [1.29, 1.82) is 0 Å². The number of benzene rings is 1. The molecule has 0 spiro atoms. The minimum absolute atomic E-state index is 0.446. The summed E-state index contributed by atoms with van der Waals surface area (Å²) in [5.74, 6) is 0. The number of nitrogens with two attached hydrogens (primary N) is 1. The summed E-state index contributed by atoms with van der Waals surface area (Å²) in [7, 11) is 2.23. The van der Waals surface area contributed by atoms with Crippen LogP contribution < -0.4 is 5.73 Å². The fourth-order valence-corrected chi connectivity index (χ4v) is 2.54. The van der Waals surface area contributed by atoms with Crippen LogP contribution in [-0.4, -0.2) is 24.0 Å². The van der Waals surface area contributed by atoms with Crippen molar-refractivity contribution in [2.24, 2.45) is 5.73 Å². The number of hydrogen-bond donors (Lipinski definition) is 1. The zero-order chi connectivity index (χ0) is 11.4. The first-order valence-corrected chi connectivity index (χ1v) is 6.25. The van der Waals surface area contributed by atoms with Gasteiger partial charge in [0.2, 0.25) is 0 Å². The van der Waals surface area contributed by atoms with E-state index < -0.39 is 0 Å². The standard InChI is InChI=1S/C14H22N2/c1-16(11-12-5-3-2-4-6-12)14-9-7-13(15)8-10-14/h2-6,13-14H,7-11,15H2,1H3. The predicted molar refractivity (Wildman–Crippen MR) is 68.1 cm³/mol. The van der Waals surface area contributed by atoms with Crippen LogP contribution >= 0.6 is 0 Å². The highest BCUT2D eigenvalue weighted by Gasteiger charge is 2.21. The second kappa shape index (κ2) is 5.46. The lowest BCUT2D eigenvalue weighted by Gasteiger charge is -2.33. The third-order valence-corrected chi connectivity index (χ3v) is 3.64. The van der Waals surface area contributed by atoms with Gasteiger partial charge in [-0.25, -0.2) is 0 Å². The monoisotopic (exact) mass is 218 g/mol. The quantitative estimate of drug-likeness (QED) is 0.844. The third kappa shape index (κ3) is 3.06. The molecule has 0 atom stereocenters. The zero-order valence-electron chi connectivity index (χ0n) is 10.1. The van der Waals surface area contributed by atoms with Gasteiger partial charge >= 0.3 is 0 Å². The summed E-state index contributed by atoms with van der Waals surface area (Å²) >= 11 is 0. The lowest BCUT2D eigenvalue weighted by atomic mass is 9.91. The van der Waals surface area contributed by atoms with Crippen molar-refractivity contribution in [1.82, 2.24) is 4.90 Å². The first-order valence-electron chi connectivity index (χ1n) is 6.25. The van der Waals surface area contributed by atoms with Gasteiger partial charge in [0.1, 0.15) is 0 Å². The smallest absolute Gasteiger partial charge is 0.0233 e. The molecule has 1 aliphatic carbocycles. The van der Waals surface area contributed by atoms with Crippen molar-refractivity contribution >= 4 is 0 Å². The largest absolute Gasteiger partial charge is 0.328 e. The Bertz CT molecular complexity index is 302. The normalized spacial score (nSPS) is 25.9. The molecule has 0 saturated heterocycles. The molecular formula is C14H22N2. The first-order chi connectivity index (χ1) is 7.75. The van der Waals surface area contributed by atoms with Crippen molar-refractivity contribution in [3.8, 4) is 0 Å². The van der Waals surface area contributed by atoms with Gasteiger partial charge in [-0.3, -0.25) is 4.90 Å². The van der Waals surface area contributed by atoms with E-state index >= 15 is 0 Å². The first kappa shape index (κ1) is 11.6. The van der Waals surface area contributed by atoms with Gasteiger partial charge in [0.25, 0.3) is 0 Å². The van der Waals surface area contributed by atoms with Crippen LogP contribution in [0.1, 0.15) is 31.2 Å². The van der Waals surface area contributed by atoms with E-state index in [2.05, 4.69) is 42.3 Å². The van der Waals surface area contributed by atoms with E-state index in [1.54, 1.807) is 0 Å². The number of rotatable bonds is 3. The molecule has 0 bridgehead atoms. The van der Waals surface area contributed by atoms with E-state index in [0.717, 1.165) is 12.6 Å². The Balaban J connectivity index is 1.86. The van der Waals surface area contributed by atoms with Gasteiger partial charge in [-0.15, -0.1) is 0 Å². The molecule has 0 aromatic heterocycles. The Kier molecular flexibility index (Phi) is 3.97. The zero-order valence-corrected chi connectivity index (χ0v) is 10.1. The van der Waals surface area contributed by atoms with Crippen molar-refractivity contribution < 1.29 is 0 Å². The van der Waals surface area contributed by atoms with Crippen LogP contribution in [0.3, 0.4) is 0 Å². The molecule has 0 amide bonds. The van der Waals surface area contributed by atoms with Crippen molar-refractivity contribution in [2.45, 2.75) is 44.3 Å². The van der Waals surface area contributed by atoms with Gasteiger partial charge in [0.05, 0.1) is 0 Å². The van der Waals surface area contributed by atoms with Crippen LogP contribution in [0.5, 0.6) is 0 Å². The van der Waals surface area contributed by atoms with E-state index in [4.69, 9.17) is 5.73 Å². The molecule has 1 saturated carbocycles. The molecule has 1 aromatic carbocycles. The van der Waals surface area contributed by atoms with Gasteiger partial charge in [0.15, 0.2) is 0 Å². The van der Waals surface area contributed by atoms with Crippen LogP contribution in [0.2, 0.25) is 0 Å². The van der Waals surface area contributed by atoms with Crippen molar-refractivity contribution in [3.63, 3.8) is 0 Å². The molecule has 2 rings (SSSR count). The predicted octanol–water partition coefficient (Wildman–Crippen LogP) is 2.39. The molecule has 0 aliphatic heterocycles. The lowest BCUT2D eigenvalue weighted by molar-refractivity contribution is 0.176. The Morgan fingerprint density at radius 2 is 1.75 bits per heavy atom. The summed E-state index contributed by atoms with van der Waals surface area (Å²) < 4.78 is 0. The van der Waals surface area contributed by atoms with Gasteiger partial charge in [0, 0.05) is 18.6 Å². The Morgan fingerprint density at radius 3 is 2.38 bits per heavy atom. The Morgan fingerprint density at radius 1 is 1.12 bits per heavy atom.